The number of carbonyl (C=O) groups excluding carboxylic acids is 2. The van der Waals surface area contributed by atoms with Gasteiger partial charge in [0.1, 0.15) is 0 Å². The van der Waals surface area contributed by atoms with Crippen molar-refractivity contribution < 1.29 is 19.1 Å². The second-order valence-corrected chi connectivity index (χ2v) is 6.28. The molecule has 2 rings (SSSR count). The maximum absolute atomic E-state index is 11.8. The van der Waals surface area contributed by atoms with Crippen LogP contribution in [0.4, 0.5) is 4.79 Å². The van der Waals surface area contributed by atoms with Gasteiger partial charge in [-0.15, -0.1) is 0 Å². The molecule has 0 atom stereocenters. The summed E-state index contributed by atoms with van der Waals surface area (Å²) in [6.07, 6.45) is 5.70. The maximum atomic E-state index is 11.8. The summed E-state index contributed by atoms with van der Waals surface area (Å²) in [5, 5.41) is 2.04. The van der Waals surface area contributed by atoms with Crippen molar-refractivity contribution in [2.24, 2.45) is 11.7 Å². The van der Waals surface area contributed by atoms with E-state index in [4.69, 9.17) is 15.2 Å². The van der Waals surface area contributed by atoms with E-state index in [0.29, 0.717) is 18.3 Å². The lowest BCUT2D eigenvalue weighted by Gasteiger charge is -2.21. The molecule has 132 valence electrons. The number of hydrogen-bond acceptors (Lipinski definition) is 6. The van der Waals surface area contributed by atoms with Crippen LogP contribution in [0.1, 0.15) is 44.2 Å². The lowest BCUT2D eigenvalue weighted by Crippen LogP contribution is -2.37. The molecule has 0 fully saturated rings. The summed E-state index contributed by atoms with van der Waals surface area (Å²) in [6.45, 7) is 4.47. The molecule has 2 amide bonds. The number of nitrogens with two attached hydrogens (primary N) is 1. The molecule has 0 spiro atoms. The van der Waals surface area contributed by atoms with Crippen molar-refractivity contribution in [3.05, 3.63) is 17.3 Å². The fourth-order valence-electron chi connectivity index (χ4n) is 2.55. The fourth-order valence-corrected chi connectivity index (χ4v) is 2.55. The minimum absolute atomic E-state index is 0.0988. The van der Waals surface area contributed by atoms with Gasteiger partial charge in [-0.05, 0) is 43.6 Å². The summed E-state index contributed by atoms with van der Waals surface area (Å²) in [4.78, 5) is 27.2. The summed E-state index contributed by atoms with van der Waals surface area (Å²) >= 11 is 0. The molecule has 0 radical (unpaired) electrons. The number of nitrogens with one attached hydrogen (secondary N) is 1. The molecule has 3 N–H and O–H groups in total. The lowest BCUT2D eigenvalue weighted by atomic mass is 9.93. The van der Waals surface area contributed by atoms with Crippen LogP contribution < -0.4 is 20.5 Å². The highest BCUT2D eigenvalue weighted by atomic mass is 16.6. The van der Waals surface area contributed by atoms with E-state index in [1.807, 2.05) is 5.32 Å². The average Bonchev–Trinajstić information content (AvgIpc) is 2.56. The van der Waals surface area contributed by atoms with Crippen LogP contribution in [0.2, 0.25) is 0 Å². The van der Waals surface area contributed by atoms with Crippen molar-refractivity contribution >= 4 is 12.0 Å². The fraction of sp³-hybridized carbons (Fsp3) is 0.588. The average molecular weight is 335 g/mol. The third-order valence-electron chi connectivity index (χ3n) is 3.87. The van der Waals surface area contributed by atoms with Gasteiger partial charge in [0.05, 0.1) is 13.2 Å². The van der Waals surface area contributed by atoms with Crippen LogP contribution in [0.25, 0.3) is 0 Å². The van der Waals surface area contributed by atoms with Crippen LogP contribution in [0.3, 0.4) is 0 Å². The van der Waals surface area contributed by atoms with Crippen molar-refractivity contribution in [3.8, 4) is 11.6 Å². The first-order valence-corrected chi connectivity index (χ1v) is 8.36. The molecule has 0 unspecified atom stereocenters. The SMILES string of the molecule is CC(C)CCOc1c(OC(=O)NC(=O)CN)ncc2c1CCCC2. The largest absolute Gasteiger partial charge is 0.488 e. The Morgan fingerprint density at radius 2 is 2.08 bits per heavy atom. The topological polar surface area (TPSA) is 104 Å². The Labute approximate surface area is 141 Å². The lowest BCUT2D eigenvalue weighted by molar-refractivity contribution is -0.118. The van der Waals surface area contributed by atoms with Gasteiger partial charge in [0.15, 0.2) is 5.75 Å². The van der Waals surface area contributed by atoms with Crippen molar-refractivity contribution in [2.45, 2.75) is 46.0 Å². The second-order valence-electron chi connectivity index (χ2n) is 6.28. The highest BCUT2D eigenvalue weighted by Crippen LogP contribution is 2.36. The number of pyridine rings is 1. The number of aromatic nitrogens is 1. The van der Waals surface area contributed by atoms with Gasteiger partial charge in [0.2, 0.25) is 5.91 Å². The first-order chi connectivity index (χ1) is 11.5. The molecule has 1 aliphatic rings. The first-order valence-electron chi connectivity index (χ1n) is 8.36. The Balaban J connectivity index is 2.18. The molecule has 7 heteroatoms. The summed E-state index contributed by atoms with van der Waals surface area (Å²) in [5.41, 5.74) is 7.35. The molecule has 1 aromatic rings. The number of ether oxygens (including phenoxy) is 2. The van der Waals surface area contributed by atoms with Crippen molar-refractivity contribution in [2.75, 3.05) is 13.2 Å². The van der Waals surface area contributed by atoms with Crippen LogP contribution in [0.15, 0.2) is 6.20 Å². The highest BCUT2D eigenvalue weighted by molar-refractivity contribution is 5.93. The zero-order valence-electron chi connectivity index (χ0n) is 14.3. The smallest absolute Gasteiger partial charge is 0.420 e. The van der Waals surface area contributed by atoms with Crippen molar-refractivity contribution in [1.82, 2.24) is 10.3 Å². The summed E-state index contributed by atoms with van der Waals surface area (Å²) in [5.74, 6) is 0.512. The van der Waals surface area contributed by atoms with E-state index < -0.39 is 12.0 Å². The number of aryl methyl sites for hydroxylation is 1. The molecule has 0 aliphatic heterocycles. The van der Waals surface area contributed by atoms with E-state index in [0.717, 1.165) is 43.2 Å². The molecule has 1 aliphatic carbocycles. The number of nitrogens with zero attached hydrogens (tertiary/aromatic N) is 1. The van der Waals surface area contributed by atoms with Crippen LogP contribution >= 0.6 is 0 Å². The van der Waals surface area contributed by atoms with Gasteiger partial charge in [0.25, 0.3) is 5.88 Å². The van der Waals surface area contributed by atoms with Crippen molar-refractivity contribution in [3.63, 3.8) is 0 Å². The normalized spacial score (nSPS) is 13.3. The maximum Gasteiger partial charge on any atom is 0.420 e. The summed E-state index contributed by atoms with van der Waals surface area (Å²) in [6, 6.07) is 0. The van der Waals surface area contributed by atoms with E-state index in [1.165, 1.54) is 0 Å². The standard InChI is InChI=1S/C17H25N3O4/c1-11(2)7-8-23-15-13-6-4-3-5-12(13)10-19-16(15)24-17(22)20-14(21)9-18/h10-11H,3-9,18H2,1-2H3,(H,20,21,22). The van der Waals surface area contributed by atoms with E-state index >= 15 is 0 Å². The molecule has 0 saturated heterocycles. The number of carbonyl (C=O) groups is 2. The van der Waals surface area contributed by atoms with Gasteiger partial charge in [-0.25, -0.2) is 9.78 Å². The number of fused-ring (bicyclic) bond motifs is 1. The Morgan fingerprint density at radius 3 is 2.79 bits per heavy atom. The van der Waals surface area contributed by atoms with Gasteiger partial charge in [-0.1, -0.05) is 13.8 Å². The molecule has 0 bridgehead atoms. The molecular formula is C17H25N3O4. The summed E-state index contributed by atoms with van der Waals surface area (Å²) in [7, 11) is 0. The molecule has 1 aromatic heterocycles. The molecule has 1 heterocycles. The Bertz CT molecular complexity index is 602. The number of amides is 2. The Kier molecular flexibility index (Phi) is 6.54. The molecular weight excluding hydrogens is 310 g/mol. The number of imide groups is 1. The van der Waals surface area contributed by atoms with Gasteiger partial charge < -0.3 is 15.2 Å². The molecule has 24 heavy (non-hydrogen) atoms. The van der Waals surface area contributed by atoms with Gasteiger partial charge >= 0.3 is 6.09 Å². The second kappa shape index (κ2) is 8.63. The van der Waals surface area contributed by atoms with E-state index in [9.17, 15) is 9.59 Å². The number of rotatable bonds is 6. The third kappa shape index (κ3) is 4.92. The van der Waals surface area contributed by atoms with E-state index in [1.54, 1.807) is 6.20 Å². The molecule has 0 saturated carbocycles. The van der Waals surface area contributed by atoms with Gasteiger partial charge in [0, 0.05) is 11.8 Å². The predicted octanol–water partition coefficient (Wildman–Crippen LogP) is 1.96. The van der Waals surface area contributed by atoms with Crippen LogP contribution in [-0.4, -0.2) is 30.1 Å². The minimum atomic E-state index is -0.901. The molecule has 0 aromatic carbocycles. The van der Waals surface area contributed by atoms with Gasteiger partial charge in [-0.2, -0.15) is 0 Å². The van der Waals surface area contributed by atoms with Crippen LogP contribution in [0, 0.1) is 5.92 Å². The predicted molar refractivity (Wildman–Crippen MR) is 89.1 cm³/mol. The number of hydrogen-bond donors (Lipinski definition) is 2. The third-order valence-corrected chi connectivity index (χ3v) is 3.87. The monoisotopic (exact) mass is 335 g/mol. The minimum Gasteiger partial charge on any atom is -0.488 e. The zero-order chi connectivity index (χ0) is 17.5. The Morgan fingerprint density at radius 1 is 1.33 bits per heavy atom. The summed E-state index contributed by atoms with van der Waals surface area (Å²) < 4.78 is 11.1. The van der Waals surface area contributed by atoms with Crippen LogP contribution in [-0.2, 0) is 17.6 Å². The van der Waals surface area contributed by atoms with Crippen LogP contribution in [0.5, 0.6) is 11.6 Å². The highest BCUT2D eigenvalue weighted by Gasteiger charge is 2.22. The van der Waals surface area contributed by atoms with Gasteiger partial charge in [-0.3, -0.25) is 10.1 Å². The van der Waals surface area contributed by atoms with E-state index in [2.05, 4.69) is 18.8 Å². The van der Waals surface area contributed by atoms with Crippen molar-refractivity contribution in [1.29, 1.82) is 0 Å². The van der Waals surface area contributed by atoms with E-state index in [-0.39, 0.29) is 12.4 Å². The molecule has 7 nitrogen and oxygen atoms in total. The quantitative estimate of drug-likeness (QED) is 0.823. The Hall–Kier alpha value is -2.15. The zero-order valence-corrected chi connectivity index (χ0v) is 14.3. The first kappa shape index (κ1) is 18.2.